The SMILES string of the molecule is CCOC(=O)C1CCN(Cc2cccn2-c2cccnc2)CC1. The number of esters is 1. The second-order valence-corrected chi connectivity index (χ2v) is 5.88. The zero-order valence-corrected chi connectivity index (χ0v) is 13.5. The second kappa shape index (κ2) is 7.42. The smallest absolute Gasteiger partial charge is 0.309 e. The van der Waals surface area contributed by atoms with Crippen molar-refractivity contribution in [2.45, 2.75) is 26.3 Å². The summed E-state index contributed by atoms with van der Waals surface area (Å²) in [4.78, 5) is 18.4. The van der Waals surface area contributed by atoms with Crippen LogP contribution in [0.3, 0.4) is 0 Å². The molecule has 5 heteroatoms. The summed E-state index contributed by atoms with van der Waals surface area (Å²) in [5, 5.41) is 0. The third-order valence-corrected chi connectivity index (χ3v) is 4.35. The molecule has 0 aromatic carbocycles. The van der Waals surface area contributed by atoms with Gasteiger partial charge in [0.1, 0.15) is 0 Å². The molecule has 0 atom stereocenters. The van der Waals surface area contributed by atoms with Gasteiger partial charge in [-0.3, -0.25) is 14.7 Å². The molecule has 3 rings (SSSR count). The number of hydrogen-bond acceptors (Lipinski definition) is 4. The molecule has 1 aliphatic heterocycles. The molecular formula is C18H23N3O2. The number of rotatable bonds is 5. The van der Waals surface area contributed by atoms with E-state index >= 15 is 0 Å². The Morgan fingerprint density at radius 2 is 2.13 bits per heavy atom. The van der Waals surface area contributed by atoms with Crippen molar-refractivity contribution in [1.29, 1.82) is 0 Å². The van der Waals surface area contributed by atoms with Crippen LogP contribution in [0.2, 0.25) is 0 Å². The van der Waals surface area contributed by atoms with Gasteiger partial charge in [-0.2, -0.15) is 0 Å². The first-order valence-electron chi connectivity index (χ1n) is 8.23. The van der Waals surface area contributed by atoms with Gasteiger partial charge in [-0.15, -0.1) is 0 Å². The Hall–Kier alpha value is -2.14. The molecule has 0 saturated carbocycles. The van der Waals surface area contributed by atoms with Crippen LogP contribution in [0.15, 0.2) is 42.9 Å². The van der Waals surface area contributed by atoms with Gasteiger partial charge in [-0.1, -0.05) is 0 Å². The average Bonchev–Trinajstić information content (AvgIpc) is 3.05. The van der Waals surface area contributed by atoms with Crippen molar-refractivity contribution < 1.29 is 9.53 Å². The summed E-state index contributed by atoms with van der Waals surface area (Å²) in [5.74, 6) is 0.0298. The van der Waals surface area contributed by atoms with E-state index in [1.807, 2.05) is 19.2 Å². The third-order valence-electron chi connectivity index (χ3n) is 4.35. The zero-order chi connectivity index (χ0) is 16.1. The van der Waals surface area contributed by atoms with E-state index in [4.69, 9.17) is 4.74 Å². The lowest BCUT2D eigenvalue weighted by Gasteiger charge is -2.31. The van der Waals surface area contributed by atoms with E-state index in [0.717, 1.165) is 38.2 Å². The maximum atomic E-state index is 11.8. The Kier molecular flexibility index (Phi) is 5.08. The Labute approximate surface area is 136 Å². The number of aromatic nitrogens is 2. The van der Waals surface area contributed by atoms with E-state index in [-0.39, 0.29) is 11.9 Å². The van der Waals surface area contributed by atoms with Crippen molar-refractivity contribution in [2.75, 3.05) is 19.7 Å². The molecule has 1 saturated heterocycles. The van der Waals surface area contributed by atoms with Crippen LogP contribution in [0.1, 0.15) is 25.5 Å². The summed E-state index contributed by atoms with van der Waals surface area (Å²) in [6.45, 7) is 5.08. The van der Waals surface area contributed by atoms with Crippen LogP contribution in [0.4, 0.5) is 0 Å². The first-order valence-corrected chi connectivity index (χ1v) is 8.23. The molecule has 2 aromatic heterocycles. The summed E-state index contributed by atoms with van der Waals surface area (Å²) >= 11 is 0. The van der Waals surface area contributed by atoms with Crippen molar-refractivity contribution in [3.63, 3.8) is 0 Å². The molecule has 23 heavy (non-hydrogen) atoms. The van der Waals surface area contributed by atoms with Gasteiger partial charge in [0.25, 0.3) is 0 Å². The first kappa shape index (κ1) is 15.7. The van der Waals surface area contributed by atoms with E-state index in [1.54, 1.807) is 6.20 Å². The largest absolute Gasteiger partial charge is 0.466 e. The molecule has 0 unspecified atom stereocenters. The number of hydrogen-bond donors (Lipinski definition) is 0. The molecule has 1 fully saturated rings. The van der Waals surface area contributed by atoms with E-state index in [0.29, 0.717) is 6.61 Å². The molecule has 0 amide bonds. The highest BCUT2D eigenvalue weighted by molar-refractivity contribution is 5.72. The van der Waals surface area contributed by atoms with Gasteiger partial charge in [0.05, 0.1) is 24.4 Å². The Bertz CT molecular complexity index is 631. The highest BCUT2D eigenvalue weighted by Crippen LogP contribution is 2.21. The van der Waals surface area contributed by atoms with Crippen molar-refractivity contribution in [3.8, 4) is 5.69 Å². The Morgan fingerprint density at radius 3 is 2.83 bits per heavy atom. The number of likely N-dealkylation sites (tertiary alicyclic amines) is 1. The lowest BCUT2D eigenvalue weighted by atomic mass is 9.97. The van der Waals surface area contributed by atoms with Gasteiger partial charge >= 0.3 is 5.97 Å². The van der Waals surface area contributed by atoms with Gasteiger partial charge in [-0.25, -0.2) is 0 Å². The number of ether oxygens (including phenoxy) is 1. The standard InChI is InChI=1S/C18H23N3O2/c1-2-23-18(22)15-7-11-20(12-8-15)14-17-6-4-10-21(17)16-5-3-9-19-13-16/h3-6,9-10,13,15H,2,7-8,11-12,14H2,1H3. The van der Waals surface area contributed by atoms with E-state index in [9.17, 15) is 4.79 Å². The quantitative estimate of drug-likeness (QED) is 0.796. The van der Waals surface area contributed by atoms with E-state index < -0.39 is 0 Å². The van der Waals surface area contributed by atoms with Crippen LogP contribution >= 0.6 is 0 Å². The van der Waals surface area contributed by atoms with Crippen LogP contribution in [-0.2, 0) is 16.1 Å². The van der Waals surface area contributed by atoms with Gasteiger partial charge in [-0.05, 0) is 57.1 Å². The number of carbonyl (C=O) groups excluding carboxylic acids is 1. The van der Waals surface area contributed by atoms with E-state index in [1.165, 1.54) is 5.69 Å². The number of pyridine rings is 1. The third kappa shape index (κ3) is 3.79. The van der Waals surface area contributed by atoms with Crippen molar-refractivity contribution >= 4 is 5.97 Å². The zero-order valence-electron chi connectivity index (χ0n) is 13.5. The summed E-state index contributed by atoms with van der Waals surface area (Å²) in [5.41, 5.74) is 2.32. The Morgan fingerprint density at radius 1 is 1.30 bits per heavy atom. The van der Waals surface area contributed by atoms with E-state index in [2.05, 4.69) is 38.8 Å². The van der Waals surface area contributed by atoms with Gasteiger partial charge in [0.15, 0.2) is 0 Å². The lowest BCUT2D eigenvalue weighted by Crippen LogP contribution is -2.36. The molecule has 0 aliphatic carbocycles. The minimum atomic E-state index is -0.0362. The topological polar surface area (TPSA) is 47.4 Å². The predicted molar refractivity (Wildman–Crippen MR) is 88.2 cm³/mol. The minimum Gasteiger partial charge on any atom is -0.466 e. The van der Waals surface area contributed by atoms with Crippen LogP contribution in [0, 0.1) is 5.92 Å². The normalized spacial score (nSPS) is 16.4. The van der Waals surface area contributed by atoms with Crippen LogP contribution < -0.4 is 0 Å². The van der Waals surface area contributed by atoms with Crippen LogP contribution in [-0.4, -0.2) is 40.1 Å². The Balaban J connectivity index is 1.60. The van der Waals surface area contributed by atoms with Gasteiger partial charge in [0, 0.05) is 24.6 Å². The maximum absolute atomic E-state index is 11.8. The molecule has 122 valence electrons. The van der Waals surface area contributed by atoms with Crippen LogP contribution in [0.25, 0.3) is 5.69 Å². The molecule has 1 aliphatic rings. The summed E-state index contributed by atoms with van der Waals surface area (Å²) in [6.07, 6.45) is 7.49. The molecule has 0 radical (unpaired) electrons. The highest BCUT2D eigenvalue weighted by atomic mass is 16.5. The number of piperidine rings is 1. The van der Waals surface area contributed by atoms with Gasteiger partial charge in [0.2, 0.25) is 0 Å². The van der Waals surface area contributed by atoms with Gasteiger partial charge < -0.3 is 9.30 Å². The van der Waals surface area contributed by atoms with Crippen molar-refractivity contribution in [3.05, 3.63) is 48.5 Å². The monoisotopic (exact) mass is 313 g/mol. The first-order chi connectivity index (χ1) is 11.3. The lowest BCUT2D eigenvalue weighted by molar-refractivity contribution is -0.149. The highest BCUT2D eigenvalue weighted by Gasteiger charge is 2.26. The summed E-state index contributed by atoms with van der Waals surface area (Å²) < 4.78 is 7.30. The van der Waals surface area contributed by atoms with Crippen molar-refractivity contribution in [2.24, 2.45) is 5.92 Å². The maximum Gasteiger partial charge on any atom is 0.309 e. The fraction of sp³-hybridized carbons (Fsp3) is 0.444. The molecule has 0 bridgehead atoms. The molecule has 0 spiro atoms. The fourth-order valence-corrected chi connectivity index (χ4v) is 3.11. The molecule has 2 aromatic rings. The molecule has 0 N–H and O–H groups in total. The number of nitrogens with zero attached hydrogens (tertiary/aromatic N) is 3. The summed E-state index contributed by atoms with van der Waals surface area (Å²) in [6, 6.07) is 8.21. The minimum absolute atomic E-state index is 0.0362. The fourth-order valence-electron chi connectivity index (χ4n) is 3.11. The average molecular weight is 313 g/mol. The second-order valence-electron chi connectivity index (χ2n) is 5.88. The van der Waals surface area contributed by atoms with Crippen LogP contribution in [0.5, 0.6) is 0 Å². The molecular weight excluding hydrogens is 290 g/mol. The van der Waals surface area contributed by atoms with Crippen molar-refractivity contribution in [1.82, 2.24) is 14.5 Å². The molecule has 3 heterocycles. The summed E-state index contributed by atoms with van der Waals surface area (Å²) in [7, 11) is 0. The number of carbonyl (C=O) groups is 1. The molecule has 5 nitrogen and oxygen atoms in total. The predicted octanol–water partition coefficient (Wildman–Crippen LogP) is 2.65.